The van der Waals surface area contributed by atoms with Gasteiger partial charge in [0.15, 0.2) is 0 Å². The van der Waals surface area contributed by atoms with Crippen molar-refractivity contribution in [2.45, 2.75) is 13.0 Å². The van der Waals surface area contributed by atoms with Gasteiger partial charge in [0.2, 0.25) is 0 Å². The Morgan fingerprint density at radius 2 is 2.29 bits per heavy atom. The van der Waals surface area contributed by atoms with E-state index in [1.165, 1.54) is 0 Å². The molecule has 1 aromatic carbocycles. The van der Waals surface area contributed by atoms with E-state index in [9.17, 15) is 0 Å². The average Bonchev–Trinajstić information content (AvgIpc) is 2.16. The summed E-state index contributed by atoms with van der Waals surface area (Å²) in [6.45, 7) is 2.82. The molecule has 1 aromatic rings. The Morgan fingerprint density at radius 3 is 2.86 bits per heavy atom. The van der Waals surface area contributed by atoms with Crippen LogP contribution in [-0.4, -0.2) is 19.8 Å². The van der Waals surface area contributed by atoms with Crippen molar-refractivity contribution in [1.82, 2.24) is 0 Å². The fourth-order valence-corrected chi connectivity index (χ4v) is 2.03. The quantitative estimate of drug-likeness (QED) is 0.857. The van der Waals surface area contributed by atoms with Crippen molar-refractivity contribution >= 4 is 39.9 Å². The molecule has 0 spiro atoms. The van der Waals surface area contributed by atoms with E-state index in [0.717, 1.165) is 20.8 Å². The summed E-state index contributed by atoms with van der Waals surface area (Å²) >= 11 is 8.11. The molecule has 0 aliphatic heterocycles. The Labute approximate surface area is 103 Å². The van der Waals surface area contributed by atoms with Crippen molar-refractivity contribution in [3.05, 3.63) is 26.8 Å². The molecule has 0 amide bonds. The highest BCUT2D eigenvalue weighted by Crippen LogP contribution is 2.22. The topological polar surface area (TPSA) is 21.3 Å². The number of ether oxygens (including phenoxy) is 1. The summed E-state index contributed by atoms with van der Waals surface area (Å²) in [5.74, 6) is 0. The highest BCUT2D eigenvalue weighted by atomic mass is 127. The van der Waals surface area contributed by atoms with Crippen LogP contribution in [0, 0.1) is 3.57 Å². The van der Waals surface area contributed by atoms with Gasteiger partial charge in [-0.3, -0.25) is 0 Å². The van der Waals surface area contributed by atoms with Gasteiger partial charge >= 0.3 is 0 Å². The van der Waals surface area contributed by atoms with E-state index in [0.29, 0.717) is 0 Å². The summed E-state index contributed by atoms with van der Waals surface area (Å²) in [6, 6.07) is 5.79. The number of anilines is 1. The van der Waals surface area contributed by atoms with Crippen molar-refractivity contribution in [3.63, 3.8) is 0 Å². The fraction of sp³-hybridized carbons (Fsp3) is 0.400. The van der Waals surface area contributed by atoms with Crippen LogP contribution in [0.1, 0.15) is 6.92 Å². The molecule has 0 aliphatic carbocycles. The predicted molar refractivity (Wildman–Crippen MR) is 69.1 cm³/mol. The van der Waals surface area contributed by atoms with Gasteiger partial charge in [0.25, 0.3) is 0 Å². The molecule has 14 heavy (non-hydrogen) atoms. The average molecular weight is 326 g/mol. The van der Waals surface area contributed by atoms with Crippen molar-refractivity contribution in [3.8, 4) is 0 Å². The monoisotopic (exact) mass is 325 g/mol. The first-order chi connectivity index (χ1) is 6.63. The maximum atomic E-state index is 5.85. The zero-order valence-electron chi connectivity index (χ0n) is 8.18. The minimum absolute atomic E-state index is 0.210. The third kappa shape index (κ3) is 3.63. The third-order valence-electron chi connectivity index (χ3n) is 1.91. The first-order valence-electron chi connectivity index (χ1n) is 4.35. The summed E-state index contributed by atoms with van der Waals surface area (Å²) in [7, 11) is 1.71. The first kappa shape index (κ1) is 12.1. The highest BCUT2D eigenvalue weighted by molar-refractivity contribution is 14.1. The molecule has 0 fully saturated rings. The van der Waals surface area contributed by atoms with Gasteiger partial charge in [0.1, 0.15) is 0 Å². The van der Waals surface area contributed by atoms with Crippen LogP contribution in [0.5, 0.6) is 0 Å². The second-order valence-electron chi connectivity index (χ2n) is 3.05. The first-order valence-corrected chi connectivity index (χ1v) is 5.81. The Hall–Kier alpha value is -0.000000000000000111. The number of benzene rings is 1. The molecule has 0 radical (unpaired) electrons. The largest absolute Gasteiger partial charge is 0.382 e. The van der Waals surface area contributed by atoms with Crippen LogP contribution in [0.3, 0.4) is 0 Å². The Bertz CT molecular complexity index is 306. The molecule has 0 saturated carbocycles. The van der Waals surface area contributed by atoms with Crippen LogP contribution in [0.2, 0.25) is 5.02 Å². The molecular weight excluding hydrogens is 312 g/mol. The molecule has 0 bridgehead atoms. The zero-order chi connectivity index (χ0) is 10.6. The Morgan fingerprint density at radius 1 is 1.57 bits per heavy atom. The summed E-state index contributed by atoms with van der Waals surface area (Å²) < 4.78 is 6.27. The molecule has 1 N–H and O–H groups in total. The van der Waals surface area contributed by atoms with Crippen LogP contribution < -0.4 is 5.32 Å². The lowest BCUT2D eigenvalue weighted by atomic mass is 10.3. The second kappa shape index (κ2) is 5.78. The molecule has 1 rings (SSSR count). The Kier molecular flexibility index (Phi) is 4.98. The minimum Gasteiger partial charge on any atom is -0.382 e. The van der Waals surface area contributed by atoms with Gasteiger partial charge < -0.3 is 10.1 Å². The molecule has 0 saturated heterocycles. The molecule has 1 unspecified atom stereocenters. The van der Waals surface area contributed by atoms with E-state index in [1.807, 2.05) is 25.1 Å². The Balaban J connectivity index is 2.59. The van der Waals surface area contributed by atoms with Crippen LogP contribution in [0.25, 0.3) is 0 Å². The summed E-state index contributed by atoms with van der Waals surface area (Å²) in [5.41, 5.74) is 1.10. The lowest BCUT2D eigenvalue weighted by molar-refractivity contribution is 0.129. The second-order valence-corrected chi connectivity index (χ2v) is 4.65. The summed E-state index contributed by atoms with van der Waals surface area (Å²) in [6.07, 6.45) is 0.210. The summed E-state index contributed by atoms with van der Waals surface area (Å²) in [4.78, 5) is 0. The van der Waals surface area contributed by atoms with E-state index >= 15 is 0 Å². The fourth-order valence-electron chi connectivity index (χ4n) is 0.970. The van der Waals surface area contributed by atoms with Crippen LogP contribution in [-0.2, 0) is 4.74 Å². The SMILES string of the molecule is COC(C)CNc1ccc(Cl)cc1I. The molecule has 78 valence electrons. The maximum absolute atomic E-state index is 5.85. The van der Waals surface area contributed by atoms with E-state index < -0.39 is 0 Å². The summed E-state index contributed by atoms with van der Waals surface area (Å²) in [5, 5.41) is 4.06. The molecular formula is C10H13ClINO. The third-order valence-corrected chi connectivity index (χ3v) is 3.04. The highest BCUT2D eigenvalue weighted by Gasteiger charge is 2.02. The molecule has 0 heterocycles. The van der Waals surface area contributed by atoms with E-state index in [1.54, 1.807) is 7.11 Å². The van der Waals surface area contributed by atoms with E-state index in [4.69, 9.17) is 16.3 Å². The minimum atomic E-state index is 0.210. The van der Waals surface area contributed by atoms with Gasteiger partial charge in [0.05, 0.1) is 6.10 Å². The normalized spacial score (nSPS) is 12.6. The number of nitrogens with one attached hydrogen (secondary N) is 1. The molecule has 4 heteroatoms. The predicted octanol–water partition coefficient (Wildman–Crippen LogP) is 3.39. The maximum Gasteiger partial charge on any atom is 0.0715 e. The van der Waals surface area contributed by atoms with Crippen molar-refractivity contribution in [2.75, 3.05) is 19.0 Å². The number of halogens is 2. The lowest BCUT2D eigenvalue weighted by Crippen LogP contribution is -2.18. The van der Waals surface area contributed by atoms with Gasteiger partial charge in [0, 0.05) is 27.9 Å². The lowest BCUT2D eigenvalue weighted by Gasteiger charge is -2.13. The van der Waals surface area contributed by atoms with Gasteiger partial charge in [-0.1, -0.05) is 11.6 Å². The van der Waals surface area contributed by atoms with E-state index in [-0.39, 0.29) is 6.10 Å². The molecule has 1 atom stereocenters. The molecule has 2 nitrogen and oxygen atoms in total. The van der Waals surface area contributed by atoms with Gasteiger partial charge in [-0.25, -0.2) is 0 Å². The van der Waals surface area contributed by atoms with E-state index in [2.05, 4.69) is 27.9 Å². The number of hydrogen-bond acceptors (Lipinski definition) is 2. The van der Waals surface area contributed by atoms with Gasteiger partial charge in [-0.15, -0.1) is 0 Å². The molecule has 0 aromatic heterocycles. The van der Waals surface area contributed by atoms with Crippen LogP contribution in [0.15, 0.2) is 18.2 Å². The smallest absolute Gasteiger partial charge is 0.0715 e. The van der Waals surface area contributed by atoms with Crippen molar-refractivity contribution in [2.24, 2.45) is 0 Å². The van der Waals surface area contributed by atoms with Crippen LogP contribution in [0.4, 0.5) is 5.69 Å². The zero-order valence-corrected chi connectivity index (χ0v) is 11.1. The van der Waals surface area contributed by atoms with Crippen LogP contribution >= 0.6 is 34.2 Å². The van der Waals surface area contributed by atoms with Gasteiger partial charge in [-0.2, -0.15) is 0 Å². The number of methoxy groups -OCH3 is 1. The van der Waals surface area contributed by atoms with Crippen molar-refractivity contribution in [1.29, 1.82) is 0 Å². The number of hydrogen-bond donors (Lipinski definition) is 1. The standard InChI is InChI=1S/C10H13ClINO/c1-7(14-2)6-13-10-4-3-8(11)5-9(10)12/h3-5,7,13H,6H2,1-2H3. The van der Waals surface area contributed by atoms with Gasteiger partial charge in [-0.05, 0) is 47.7 Å². The van der Waals surface area contributed by atoms with Crippen molar-refractivity contribution < 1.29 is 4.74 Å². The number of rotatable bonds is 4. The molecule has 0 aliphatic rings.